The molecule has 0 aromatic heterocycles. The Morgan fingerprint density at radius 3 is 1.92 bits per heavy atom. The Labute approximate surface area is 352 Å². The highest BCUT2D eigenvalue weighted by Gasteiger charge is 2.65. The fourth-order valence-electron chi connectivity index (χ4n) is 10.5. The third-order valence-electron chi connectivity index (χ3n) is 12.4. The van der Waals surface area contributed by atoms with Crippen LogP contribution in [-0.2, 0) is 53.4 Å². The van der Waals surface area contributed by atoms with Gasteiger partial charge in [-0.15, -0.1) is 0 Å². The molecule has 12 nitrogen and oxygen atoms in total. The van der Waals surface area contributed by atoms with Gasteiger partial charge < -0.3 is 37.7 Å². The maximum Gasteiger partial charge on any atom is 0.530 e. The minimum atomic E-state index is -4.28. The van der Waals surface area contributed by atoms with Gasteiger partial charge in [0.2, 0.25) is 0 Å². The largest absolute Gasteiger partial charge is 0.530 e. The fourth-order valence-corrected chi connectivity index (χ4v) is 11.9. The number of methoxy groups -OCH3 is 1. The first-order chi connectivity index (χ1) is 27.9. The minimum absolute atomic E-state index is 0.0919. The molecular weight excluding hydrogens is 799 g/mol. The number of ether oxygens (including phenoxy) is 7. The van der Waals surface area contributed by atoms with Gasteiger partial charge in [-0.3, -0.25) is 13.8 Å². The number of allylic oxidation sites excluding steroid dienone is 2. The van der Waals surface area contributed by atoms with Crippen molar-refractivity contribution in [2.24, 2.45) is 23.7 Å². The molecule has 5 saturated carbocycles. The lowest BCUT2D eigenvalue weighted by Crippen LogP contribution is -2.63. The van der Waals surface area contributed by atoms with Crippen molar-refractivity contribution >= 4 is 37.0 Å². The Hall–Kier alpha value is -2.77. The summed E-state index contributed by atoms with van der Waals surface area (Å²) in [5.74, 6) is 2.13. The van der Waals surface area contributed by atoms with Crippen LogP contribution in [-0.4, -0.2) is 74.3 Å². The quantitative estimate of drug-likeness (QED) is 0.102. The summed E-state index contributed by atoms with van der Waals surface area (Å²) < 4.78 is 76.3. The smallest absolute Gasteiger partial charge is 0.496 e. The molecule has 0 spiro atoms. The Bertz CT molecular complexity index is 1950. The highest BCUT2D eigenvalue weighted by molar-refractivity contribution is 7.48. The fraction of sp³-hybridized carbons (Fsp3) is 0.622. The van der Waals surface area contributed by atoms with Crippen LogP contribution in [0.2, 0.25) is 5.02 Å². The molecule has 59 heavy (non-hydrogen) atoms. The standard InChI is InChI=1S/C45H58ClO12P/c1-24(2)52-38-39-41(55-44(4,5)53-39)43(42-40(38)54-45(6,7)56-42)58-59(48,50-9)57-32-15-11-26(12-16-32)23-51-36-29(13-10-25(3)47)14-17-33(35(36)46)37(49-8)34-30-19-27-18-28(21-30)22-31(34)20-27/h10-17,24,27-28,30-31,38-43H,18-23H2,1-9H3/b13-10+,37-34?/t27?,28?,30?,31?,38-,39-,40+,41-,42-,43-,59?/m1/s1. The van der Waals surface area contributed by atoms with Crippen LogP contribution in [0, 0.1) is 23.7 Å². The average molecular weight is 857 g/mol. The molecule has 7 aliphatic rings. The number of carbonyl (C=O) groups is 1. The maximum absolute atomic E-state index is 14.3. The Kier molecular flexibility index (Phi) is 12.0. The number of phosphoric ester groups is 1. The Balaban J connectivity index is 1.01. The SMILES string of the molecule is COC(=C1C2CC3CC(C2)CC1C3)c1ccc(/C=C/C(C)=O)c(OCc2ccc(OP(=O)(OC)O[C@@H]3[C@@H]4OC(C)(C)O[C@@H]4[C@@H](OC(C)C)[C@@H]4OC(C)(C)O[C@H]43)cc2)c1Cl. The lowest BCUT2D eigenvalue weighted by Gasteiger charge is -2.51. The molecule has 2 aliphatic heterocycles. The lowest BCUT2D eigenvalue weighted by molar-refractivity contribution is -0.195. The molecule has 322 valence electrons. The first-order valence-corrected chi connectivity index (χ1v) is 22.7. The predicted octanol–water partition coefficient (Wildman–Crippen LogP) is 9.70. The van der Waals surface area contributed by atoms with Crippen molar-refractivity contribution < 1.29 is 56.1 Å². The number of halogens is 1. The van der Waals surface area contributed by atoms with Crippen molar-refractivity contribution in [3.8, 4) is 11.5 Å². The molecule has 9 rings (SSSR count). The summed E-state index contributed by atoms with van der Waals surface area (Å²) in [6, 6.07) is 10.8. The van der Waals surface area contributed by atoms with Gasteiger partial charge in [0, 0.05) is 18.2 Å². The molecule has 7 fully saturated rings. The molecule has 0 radical (unpaired) electrons. The number of hydrogen-bond acceptors (Lipinski definition) is 12. The van der Waals surface area contributed by atoms with E-state index >= 15 is 0 Å². The van der Waals surface area contributed by atoms with Gasteiger partial charge in [-0.25, -0.2) is 4.57 Å². The molecule has 4 bridgehead atoms. The number of carbonyl (C=O) groups excluding carboxylic acids is 1. The molecule has 0 amide bonds. The molecule has 1 unspecified atom stereocenters. The van der Waals surface area contributed by atoms with Crippen LogP contribution in [0.1, 0.15) is 97.3 Å². The monoisotopic (exact) mass is 856 g/mol. The molecule has 7 atom stereocenters. The normalized spacial score (nSPS) is 33.5. The van der Waals surface area contributed by atoms with E-state index < -0.39 is 56.0 Å². The van der Waals surface area contributed by atoms with Gasteiger partial charge in [0.25, 0.3) is 0 Å². The lowest BCUT2D eigenvalue weighted by atomic mass is 9.54. The summed E-state index contributed by atoms with van der Waals surface area (Å²) in [6.07, 6.45) is 5.11. The molecule has 2 saturated heterocycles. The van der Waals surface area contributed by atoms with Gasteiger partial charge in [0.05, 0.1) is 18.2 Å². The zero-order valence-corrected chi connectivity index (χ0v) is 37.1. The van der Waals surface area contributed by atoms with E-state index in [1.807, 2.05) is 26.0 Å². The third-order valence-corrected chi connectivity index (χ3v) is 14.2. The number of benzene rings is 2. The van der Waals surface area contributed by atoms with E-state index in [9.17, 15) is 9.36 Å². The van der Waals surface area contributed by atoms with Gasteiger partial charge in [-0.05, 0) is 146 Å². The minimum Gasteiger partial charge on any atom is -0.496 e. The van der Waals surface area contributed by atoms with Crippen molar-refractivity contribution in [2.45, 2.75) is 141 Å². The van der Waals surface area contributed by atoms with Crippen molar-refractivity contribution in [1.29, 1.82) is 0 Å². The van der Waals surface area contributed by atoms with E-state index in [1.54, 1.807) is 65.1 Å². The van der Waals surface area contributed by atoms with Gasteiger partial charge in [-0.2, -0.15) is 0 Å². The molecule has 2 aromatic carbocycles. The molecule has 0 N–H and O–H groups in total. The second-order valence-electron chi connectivity index (χ2n) is 18.1. The summed E-state index contributed by atoms with van der Waals surface area (Å²) >= 11 is 7.23. The predicted molar refractivity (Wildman–Crippen MR) is 221 cm³/mol. The highest BCUT2D eigenvalue weighted by atomic mass is 35.5. The van der Waals surface area contributed by atoms with Crippen molar-refractivity contribution in [2.75, 3.05) is 14.2 Å². The third kappa shape index (κ3) is 8.82. The van der Waals surface area contributed by atoms with Gasteiger partial charge in [0.15, 0.2) is 17.4 Å². The number of rotatable bonds is 14. The van der Waals surface area contributed by atoms with Crippen molar-refractivity contribution in [3.05, 3.63) is 69.8 Å². The van der Waals surface area contributed by atoms with Crippen molar-refractivity contribution in [1.82, 2.24) is 0 Å². The topological polar surface area (TPSA) is 126 Å². The van der Waals surface area contributed by atoms with E-state index in [2.05, 4.69) is 0 Å². The van der Waals surface area contributed by atoms with Crippen LogP contribution >= 0.6 is 19.4 Å². The summed E-state index contributed by atoms with van der Waals surface area (Å²) in [4.78, 5) is 12.0. The van der Waals surface area contributed by atoms with Crippen LogP contribution in [0.15, 0.2) is 48.0 Å². The van der Waals surface area contributed by atoms with E-state index in [1.165, 1.54) is 57.8 Å². The number of ketones is 1. The summed E-state index contributed by atoms with van der Waals surface area (Å²) in [7, 11) is -1.29. The van der Waals surface area contributed by atoms with E-state index in [-0.39, 0.29) is 24.2 Å². The van der Waals surface area contributed by atoms with Crippen LogP contribution in [0.25, 0.3) is 11.8 Å². The van der Waals surface area contributed by atoms with Crippen molar-refractivity contribution in [3.63, 3.8) is 0 Å². The van der Waals surface area contributed by atoms with E-state index in [4.69, 9.17) is 58.3 Å². The van der Waals surface area contributed by atoms with Gasteiger partial charge in [0.1, 0.15) is 60.5 Å². The molecule has 2 aromatic rings. The zero-order valence-electron chi connectivity index (χ0n) is 35.4. The summed E-state index contributed by atoms with van der Waals surface area (Å²) in [5.41, 5.74) is 3.64. The first kappa shape index (κ1) is 42.9. The second kappa shape index (κ2) is 16.5. The molecule has 14 heteroatoms. The molecule has 5 aliphatic carbocycles. The molecular formula is C45H58ClO12P. The second-order valence-corrected chi connectivity index (χ2v) is 20.1. The summed E-state index contributed by atoms with van der Waals surface area (Å²) in [5, 5.41) is 0.432. The number of hydrogen-bond donors (Lipinski definition) is 0. The first-order valence-electron chi connectivity index (χ1n) is 20.9. The highest BCUT2D eigenvalue weighted by Crippen LogP contribution is 2.59. The Morgan fingerprint density at radius 2 is 1.41 bits per heavy atom. The number of fused-ring (bicyclic) bond motifs is 2. The number of phosphoric acid groups is 1. The van der Waals surface area contributed by atoms with E-state index in [0.717, 1.165) is 28.7 Å². The average Bonchev–Trinajstić information content (AvgIpc) is 3.68. The van der Waals surface area contributed by atoms with Crippen LogP contribution in [0.5, 0.6) is 11.5 Å². The van der Waals surface area contributed by atoms with E-state index in [0.29, 0.717) is 28.2 Å². The zero-order chi connectivity index (χ0) is 42.0. The van der Waals surface area contributed by atoms with Crippen LogP contribution < -0.4 is 9.26 Å². The van der Waals surface area contributed by atoms with Crippen LogP contribution in [0.4, 0.5) is 0 Å². The van der Waals surface area contributed by atoms with Crippen LogP contribution in [0.3, 0.4) is 0 Å². The van der Waals surface area contributed by atoms with Gasteiger partial charge in [-0.1, -0.05) is 29.8 Å². The van der Waals surface area contributed by atoms with Gasteiger partial charge >= 0.3 is 7.82 Å². The Morgan fingerprint density at radius 1 is 0.847 bits per heavy atom. The molecule has 2 heterocycles. The summed E-state index contributed by atoms with van der Waals surface area (Å²) in [6.45, 7) is 12.7. The maximum atomic E-state index is 14.3.